The summed E-state index contributed by atoms with van der Waals surface area (Å²) in [5.41, 5.74) is 9.14. The van der Waals surface area contributed by atoms with Gasteiger partial charge < -0.3 is 27.4 Å². The van der Waals surface area contributed by atoms with Crippen LogP contribution in [-0.4, -0.2) is 5.11 Å². The quantitative estimate of drug-likeness (QED) is 0.160. The molecule has 0 bridgehead atoms. The molecule has 1 nitrogen and oxygen atoms in total. The van der Waals surface area contributed by atoms with Crippen LogP contribution < -0.4 is 0 Å². The summed E-state index contributed by atoms with van der Waals surface area (Å²) in [4.78, 5) is 0. The number of fused-ring (bicyclic) bond motifs is 3. The SMILES string of the molecule is CCCCCCC1(CCCCC)c2ccccc2-c2ccc(-c3cc(C)ccc3O)cc21.[CH3-].[CH3-].[CH3-].[Ti+3]. The second kappa shape index (κ2) is 15.4. The topological polar surface area (TPSA) is 20.2 Å². The monoisotopic (exact) mass is 519 g/mol. The molecule has 0 spiro atoms. The van der Waals surface area contributed by atoms with Crippen molar-refractivity contribution in [1.29, 1.82) is 0 Å². The Labute approximate surface area is 237 Å². The van der Waals surface area contributed by atoms with E-state index in [-0.39, 0.29) is 49.4 Å². The third-order valence-corrected chi connectivity index (χ3v) is 7.40. The van der Waals surface area contributed by atoms with Gasteiger partial charge in [0.1, 0.15) is 5.75 Å². The van der Waals surface area contributed by atoms with E-state index in [9.17, 15) is 5.11 Å². The van der Waals surface area contributed by atoms with Gasteiger partial charge in [0, 0.05) is 11.0 Å². The Hall–Kier alpha value is -1.83. The summed E-state index contributed by atoms with van der Waals surface area (Å²) in [5, 5.41) is 10.6. The van der Waals surface area contributed by atoms with Gasteiger partial charge >= 0.3 is 21.7 Å². The van der Waals surface area contributed by atoms with Crippen LogP contribution in [0.2, 0.25) is 0 Å². The van der Waals surface area contributed by atoms with Crippen molar-refractivity contribution >= 4 is 0 Å². The van der Waals surface area contributed by atoms with E-state index in [4.69, 9.17) is 0 Å². The summed E-state index contributed by atoms with van der Waals surface area (Å²) < 4.78 is 0. The maximum Gasteiger partial charge on any atom is 3.00 e. The molecule has 193 valence electrons. The van der Waals surface area contributed by atoms with Crippen molar-refractivity contribution in [1.82, 2.24) is 0 Å². The first-order chi connectivity index (χ1) is 15.6. The number of hydrogen-bond donors (Lipinski definition) is 1. The van der Waals surface area contributed by atoms with Crippen LogP contribution in [0.15, 0.2) is 60.7 Å². The van der Waals surface area contributed by atoms with Crippen molar-refractivity contribution in [2.75, 3.05) is 0 Å². The van der Waals surface area contributed by atoms with Crippen molar-refractivity contribution in [3.63, 3.8) is 0 Å². The second-order valence-corrected chi connectivity index (χ2v) is 9.68. The number of hydrogen-bond acceptors (Lipinski definition) is 1. The third-order valence-electron chi connectivity index (χ3n) is 7.40. The zero-order valence-corrected chi connectivity index (χ0v) is 25.1. The normalized spacial score (nSPS) is 14.9. The van der Waals surface area contributed by atoms with E-state index in [1.807, 2.05) is 12.1 Å². The van der Waals surface area contributed by atoms with E-state index in [2.05, 4.69) is 69.3 Å². The van der Waals surface area contributed by atoms with Gasteiger partial charge in [-0.2, -0.15) is 0 Å². The summed E-state index contributed by atoms with van der Waals surface area (Å²) in [5.74, 6) is 0.366. The van der Waals surface area contributed by atoms with Crippen molar-refractivity contribution in [2.45, 2.75) is 84.0 Å². The molecule has 0 amide bonds. The molecule has 0 aliphatic heterocycles. The Morgan fingerprint density at radius 1 is 0.639 bits per heavy atom. The summed E-state index contributed by atoms with van der Waals surface area (Å²) >= 11 is 0. The molecule has 1 N–H and O–H groups in total. The Morgan fingerprint density at radius 3 is 1.94 bits per heavy atom. The van der Waals surface area contributed by atoms with E-state index in [1.165, 1.54) is 85.6 Å². The first-order valence-electron chi connectivity index (χ1n) is 12.6. The molecule has 36 heavy (non-hydrogen) atoms. The average Bonchev–Trinajstić information content (AvgIpc) is 3.08. The number of aryl methyl sites for hydroxylation is 1. The van der Waals surface area contributed by atoms with Crippen LogP contribution in [0, 0.1) is 29.2 Å². The predicted octanol–water partition coefficient (Wildman–Crippen LogP) is 10.5. The summed E-state index contributed by atoms with van der Waals surface area (Å²) in [6.45, 7) is 6.68. The standard InChI is InChI=1S/C31H38O.3CH3.Ti/c1-4-6-8-12-20-31(19-11-7-5-2)28-14-10-9-13-25(28)26-17-16-24(22-29(26)31)27-21-23(3)15-18-30(27)32;;;;/h9-10,13-18,21-22,32H,4-8,11-12,19-20H2,1-3H3;3*1H3;/q;3*-1;+3. The summed E-state index contributed by atoms with van der Waals surface area (Å²) in [7, 11) is 0. The van der Waals surface area contributed by atoms with Gasteiger partial charge in [0.05, 0.1) is 0 Å². The Bertz CT molecular complexity index is 1070. The average molecular weight is 520 g/mol. The van der Waals surface area contributed by atoms with E-state index in [1.54, 1.807) is 0 Å². The van der Waals surface area contributed by atoms with E-state index < -0.39 is 0 Å². The largest absolute Gasteiger partial charge is 3.00 e. The molecular weight excluding hydrogens is 472 g/mol. The van der Waals surface area contributed by atoms with Crippen LogP contribution in [0.5, 0.6) is 5.75 Å². The van der Waals surface area contributed by atoms with Gasteiger partial charge in [0.25, 0.3) is 0 Å². The fourth-order valence-corrected chi connectivity index (χ4v) is 5.70. The first-order valence-corrected chi connectivity index (χ1v) is 12.6. The Morgan fingerprint density at radius 2 is 1.25 bits per heavy atom. The fourth-order valence-electron chi connectivity index (χ4n) is 5.70. The summed E-state index contributed by atoms with van der Waals surface area (Å²) in [6.07, 6.45) is 11.4. The number of rotatable bonds is 10. The van der Waals surface area contributed by atoms with Crippen LogP contribution in [0.1, 0.15) is 88.3 Å². The van der Waals surface area contributed by atoms with E-state index >= 15 is 0 Å². The second-order valence-electron chi connectivity index (χ2n) is 9.68. The molecule has 1 unspecified atom stereocenters. The zero-order chi connectivity index (χ0) is 22.6. The van der Waals surface area contributed by atoms with Gasteiger partial charge in [-0.25, -0.2) is 0 Å². The van der Waals surface area contributed by atoms with Gasteiger partial charge in [-0.3, -0.25) is 0 Å². The van der Waals surface area contributed by atoms with Gasteiger partial charge in [0.2, 0.25) is 0 Å². The van der Waals surface area contributed by atoms with Crippen molar-refractivity contribution in [3.05, 3.63) is 99.6 Å². The molecule has 0 heterocycles. The van der Waals surface area contributed by atoms with Crippen LogP contribution in [0.4, 0.5) is 0 Å². The zero-order valence-electron chi connectivity index (χ0n) is 23.6. The molecule has 1 atom stereocenters. The van der Waals surface area contributed by atoms with Gasteiger partial charge in [-0.15, -0.1) is 0 Å². The first kappa shape index (κ1) is 34.2. The molecule has 3 aromatic rings. The molecule has 1 aliphatic carbocycles. The van der Waals surface area contributed by atoms with Gasteiger partial charge in [-0.05, 0) is 65.8 Å². The van der Waals surface area contributed by atoms with Crippen molar-refractivity contribution < 1.29 is 26.8 Å². The van der Waals surface area contributed by atoms with Crippen LogP contribution in [-0.2, 0) is 27.1 Å². The number of unbranched alkanes of at least 4 members (excludes halogenated alkanes) is 5. The minimum absolute atomic E-state index is 0. The molecule has 1 aliphatic rings. The molecule has 1 radical (unpaired) electrons. The molecule has 0 saturated carbocycles. The van der Waals surface area contributed by atoms with Crippen LogP contribution >= 0.6 is 0 Å². The maximum atomic E-state index is 10.6. The molecule has 2 heteroatoms. The summed E-state index contributed by atoms with van der Waals surface area (Å²) in [6, 6.07) is 21.9. The molecule has 0 fully saturated rings. The third kappa shape index (κ3) is 6.73. The molecular formula is C34H47OTi. The molecule has 3 aromatic carbocycles. The molecule has 0 saturated heterocycles. The Balaban J connectivity index is 0.00000306. The molecule has 0 aromatic heterocycles. The number of phenolic OH excluding ortho intramolecular Hbond substituents is 1. The minimum atomic E-state index is 0. The van der Waals surface area contributed by atoms with Crippen molar-refractivity contribution in [3.8, 4) is 28.0 Å². The van der Waals surface area contributed by atoms with E-state index in [0.717, 1.165) is 11.1 Å². The number of benzene rings is 3. The maximum absolute atomic E-state index is 10.6. The number of phenols is 1. The van der Waals surface area contributed by atoms with Gasteiger partial charge in [0.15, 0.2) is 0 Å². The smallest absolute Gasteiger partial charge is 0.507 e. The van der Waals surface area contributed by atoms with Crippen molar-refractivity contribution in [2.24, 2.45) is 0 Å². The number of aromatic hydroxyl groups is 1. The minimum Gasteiger partial charge on any atom is -0.507 e. The Kier molecular flexibility index (Phi) is 14.6. The van der Waals surface area contributed by atoms with Crippen LogP contribution in [0.3, 0.4) is 0 Å². The van der Waals surface area contributed by atoms with Crippen LogP contribution in [0.25, 0.3) is 22.3 Å². The predicted molar refractivity (Wildman–Crippen MR) is 157 cm³/mol. The molecule has 4 rings (SSSR count). The fraction of sp³-hybridized carbons (Fsp3) is 0.382. The van der Waals surface area contributed by atoms with E-state index in [0.29, 0.717) is 5.75 Å². The van der Waals surface area contributed by atoms with Gasteiger partial charge in [-0.1, -0.05) is 107 Å².